The first kappa shape index (κ1) is 15.0. The minimum Gasteiger partial charge on any atom is -0.494 e. The van der Waals surface area contributed by atoms with Gasteiger partial charge in [0, 0.05) is 5.56 Å². The summed E-state index contributed by atoms with van der Waals surface area (Å²) in [5, 5.41) is 0.449. The molecule has 0 radical (unpaired) electrons. The Morgan fingerprint density at radius 3 is 2.56 bits per heavy atom. The highest BCUT2D eigenvalue weighted by atomic mass is 35.5. The van der Waals surface area contributed by atoms with Crippen molar-refractivity contribution in [1.29, 1.82) is 0 Å². The predicted molar refractivity (Wildman–Crippen MR) is 75.7 cm³/mol. The van der Waals surface area contributed by atoms with Crippen LogP contribution in [0.2, 0.25) is 5.02 Å². The molecule has 0 bridgehead atoms. The van der Waals surface area contributed by atoms with Gasteiger partial charge >= 0.3 is 0 Å². The number of aldehydes is 1. The van der Waals surface area contributed by atoms with E-state index in [-0.39, 0.29) is 0 Å². The number of carbonyl (C=O) groups is 1. The maximum absolute atomic E-state index is 10.6. The van der Waals surface area contributed by atoms with Crippen molar-refractivity contribution in [2.75, 3.05) is 6.61 Å². The fourth-order valence-electron chi connectivity index (χ4n) is 1.77. The van der Waals surface area contributed by atoms with Crippen LogP contribution in [0.3, 0.4) is 0 Å². The molecule has 0 spiro atoms. The number of hydrogen-bond acceptors (Lipinski definition) is 2. The number of hydrogen-bond donors (Lipinski definition) is 0. The summed E-state index contributed by atoms with van der Waals surface area (Å²) in [5.74, 6) is 0.735. The second-order valence-electron chi connectivity index (χ2n) is 4.42. The monoisotopic (exact) mass is 268 g/mol. The van der Waals surface area contributed by atoms with Gasteiger partial charge in [0.1, 0.15) is 5.75 Å². The second kappa shape index (κ2) is 8.98. The zero-order valence-corrected chi connectivity index (χ0v) is 11.7. The lowest BCUT2D eigenvalue weighted by Gasteiger charge is -2.07. The van der Waals surface area contributed by atoms with E-state index >= 15 is 0 Å². The first-order valence-corrected chi connectivity index (χ1v) is 7.03. The van der Waals surface area contributed by atoms with Crippen molar-refractivity contribution in [3.8, 4) is 5.75 Å². The third-order valence-corrected chi connectivity index (χ3v) is 3.19. The Balaban J connectivity index is 2.19. The van der Waals surface area contributed by atoms with Crippen LogP contribution >= 0.6 is 11.6 Å². The summed E-state index contributed by atoms with van der Waals surface area (Å²) in [4.78, 5) is 10.6. The van der Waals surface area contributed by atoms with Crippen molar-refractivity contribution in [3.05, 3.63) is 28.8 Å². The molecule has 18 heavy (non-hydrogen) atoms. The Hall–Kier alpha value is -1.02. The molecule has 2 nitrogen and oxygen atoms in total. The number of unbranched alkanes of at least 4 members (excludes halogenated alkanes) is 5. The number of ether oxygens (including phenoxy) is 1. The lowest BCUT2D eigenvalue weighted by atomic mass is 10.1. The zero-order chi connectivity index (χ0) is 13.2. The van der Waals surface area contributed by atoms with Gasteiger partial charge in [-0.3, -0.25) is 4.79 Å². The molecule has 0 fully saturated rings. The summed E-state index contributed by atoms with van der Waals surface area (Å²) in [6, 6.07) is 5.17. The molecule has 1 aromatic rings. The van der Waals surface area contributed by atoms with E-state index < -0.39 is 0 Å². The molecular weight excluding hydrogens is 248 g/mol. The Kier molecular flexibility index (Phi) is 7.51. The van der Waals surface area contributed by atoms with E-state index in [0.29, 0.717) is 17.2 Å². The van der Waals surface area contributed by atoms with Gasteiger partial charge in [0.05, 0.1) is 11.6 Å². The van der Waals surface area contributed by atoms with Crippen molar-refractivity contribution in [2.45, 2.75) is 45.4 Å². The maximum atomic E-state index is 10.6. The van der Waals surface area contributed by atoms with Crippen LogP contribution in [0.4, 0.5) is 0 Å². The Bertz CT molecular complexity index is 364. The average molecular weight is 269 g/mol. The van der Waals surface area contributed by atoms with Crippen molar-refractivity contribution >= 4 is 17.9 Å². The van der Waals surface area contributed by atoms with Crippen LogP contribution < -0.4 is 4.74 Å². The Morgan fingerprint density at radius 1 is 1.17 bits per heavy atom. The molecule has 0 N–H and O–H groups in total. The molecule has 100 valence electrons. The molecule has 0 heterocycles. The lowest BCUT2D eigenvalue weighted by Crippen LogP contribution is -1.97. The molecule has 0 saturated carbocycles. The third kappa shape index (κ3) is 5.54. The average Bonchev–Trinajstić information content (AvgIpc) is 2.38. The van der Waals surface area contributed by atoms with Crippen LogP contribution in [0, 0.1) is 0 Å². The van der Waals surface area contributed by atoms with Crippen molar-refractivity contribution < 1.29 is 9.53 Å². The molecule has 0 aliphatic carbocycles. The molecule has 0 unspecified atom stereocenters. The van der Waals surface area contributed by atoms with Gasteiger partial charge in [-0.1, -0.05) is 50.6 Å². The second-order valence-corrected chi connectivity index (χ2v) is 4.82. The van der Waals surface area contributed by atoms with Crippen LogP contribution in [0.5, 0.6) is 5.75 Å². The zero-order valence-electron chi connectivity index (χ0n) is 11.0. The van der Waals surface area contributed by atoms with Gasteiger partial charge in [-0.15, -0.1) is 0 Å². The van der Waals surface area contributed by atoms with Gasteiger partial charge in [0.25, 0.3) is 0 Å². The van der Waals surface area contributed by atoms with Gasteiger partial charge in [-0.25, -0.2) is 0 Å². The molecule has 0 aliphatic heterocycles. The molecule has 0 aromatic heterocycles. The van der Waals surface area contributed by atoms with Gasteiger partial charge in [0.2, 0.25) is 0 Å². The standard InChI is InChI=1S/C15H21ClO2/c1-2-3-4-5-6-7-10-18-14-9-8-13(12-17)15(16)11-14/h8-9,11-12H,2-7,10H2,1H3. The molecule has 3 heteroatoms. The normalized spacial score (nSPS) is 10.3. The van der Waals surface area contributed by atoms with E-state index in [1.165, 1.54) is 32.1 Å². The number of halogens is 1. The van der Waals surface area contributed by atoms with E-state index in [4.69, 9.17) is 16.3 Å². The quantitative estimate of drug-likeness (QED) is 0.471. The SMILES string of the molecule is CCCCCCCCOc1ccc(C=O)c(Cl)c1. The third-order valence-electron chi connectivity index (χ3n) is 2.87. The summed E-state index contributed by atoms with van der Waals surface area (Å²) in [6.07, 6.45) is 8.22. The highest BCUT2D eigenvalue weighted by molar-refractivity contribution is 6.33. The van der Waals surface area contributed by atoms with E-state index in [1.807, 2.05) is 0 Å². The molecule has 0 saturated heterocycles. The minimum atomic E-state index is 0.449. The number of rotatable bonds is 9. The van der Waals surface area contributed by atoms with Crippen LogP contribution in [0.25, 0.3) is 0 Å². The van der Waals surface area contributed by atoms with E-state index in [2.05, 4.69) is 6.92 Å². The molecule has 0 amide bonds. The molecule has 0 aliphatic rings. The number of benzene rings is 1. The highest BCUT2D eigenvalue weighted by Crippen LogP contribution is 2.21. The van der Waals surface area contributed by atoms with Gasteiger partial charge in [0.15, 0.2) is 6.29 Å². The summed E-state index contributed by atoms with van der Waals surface area (Å²) in [6.45, 7) is 2.93. The first-order chi connectivity index (χ1) is 8.77. The lowest BCUT2D eigenvalue weighted by molar-refractivity contribution is 0.112. The van der Waals surface area contributed by atoms with Crippen LogP contribution in [-0.2, 0) is 0 Å². The molecule has 0 atom stereocenters. The summed E-state index contributed by atoms with van der Waals surface area (Å²) in [7, 11) is 0. The molecule has 1 rings (SSSR count). The van der Waals surface area contributed by atoms with Crippen molar-refractivity contribution in [2.24, 2.45) is 0 Å². The van der Waals surface area contributed by atoms with Crippen LogP contribution in [0.15, 0.2) is 18.2 Å². The maximum Gasteiger partial charge on any atom is 0.151 e. The van der Waals surface area contributed by atoms with Crippen LogP contribution in [0.1, 0.15) is 55.8 Å². The summed E-state index contributed by atoms with van der Waals surface area (Å²) >= 11 is 5.92. The number of carbonyl (C=O) groups excluding carboxylic acids is 1. The van der Waals surface area contributed by atoms with Gasteiger partial charge in [-0.2, -0.15) is 0 Å². The fraction of sp³-hybridized carbons (Fsp3) is 0.533. The molecule has 1 aromatic carbocycles. The van der Waals surface area contributed by atoms with Crippen molar-refractivity contribution in [1.82, 2.24) is 0 Å². The predicted octanol–water partition coefficient (Wildman–Crippen LogP) is 4.89. The smallest absolute Gasteiger partial charge is 0.151 e. The summed E-state index contributed by atoms with van der Waals surface area (Å²) < 4.78 is 5.59. The van der Waals surface area contributed by atoms with E-state index in [1.54, 1.807) is 18.2 Å². The highest BCUT2D eigenvalue weighted by Gasteiger charge is 2.01. The van der Waals surface area contributed by atoms with E-state index in [9.17, 15) is 4.79 Å². The fourth-order valence-corrected chi connectivity index (χ4v) is 1.98. The van der Waals surface area contributed by atoms with Crippen molar-refractivity contribution in [3.63, 3.8) is 0 Å². The summed E-state index contributed by atoms with van der Waals surface area (Å²) in [5.41, 5.74) is 0.503. The topological polar surface area (TPSA) is 26.3 Å². The Morgan fingerprint density at radius 2 is 1.89 bits per heavy atom. The largest absolute Gasteiger partial charge is 0.494 e. The Labute approximate surface area is 114 Å². The van der Waals surface area contributed by atoms with Crippen LogP contribution in [-0.4, -0.2) is 12.9 Å². The van der Waals surface area contributed by atoms with Gasteiger partial charge in [-0.05, 0) is 24.6 Å². The molecular formula is C15H21ClO2. The van der Waals surface area contributed by atoms with Gasteiger partial charge < -0.3 is 4.74 Å². The minimum absolute atomic E-state index is 0.449. The van der Waals surface area contributed by atoms with E-state index in [0.717, 1.165) is 18.5 Å². The first-order valence-electron chi connectivity index (χ1n) is 6.65.